The SMILES string of the molecule is CN(CCN)CCc1csc2ccccc12. The first kappa shape index (κ1) is 11.6. The number of hydrogen-bond acceptors (Lipinski definition) is 3. The Kier molecular flexibility index (Phi) is 3.93. The highest BCUT2D eigenvalue weighted by Crippen LogP contribution is 2.25. The van der Waals surface area contributed by atoms with Crippen molar-refractivity contribution in [3.63, 3.8) is 0 Å². The van der Waals surface area contributed by atoms with Crippen LogP contribution in [0.2, 0.25) is 0 Å². The molecule has 2 nitrogen and oxygen atoms in total. The van der Waals surface area contributed by atoms with Gasteiger partial charge in [-0.3, -0.25) is 0 Å². The van der Waals surface area contributed by atoms with Crippen LogP contribution in [0.25, 0.3) is 10.1 Å². The fourth-order valence-corrected chi connectivity index (χ4v) is 2.87. The molecule has 0 unspecified atom stereocenters. The zero-order chi connectivity index (χ0) is 11.4. The predicted molar refractivity (Wildman–Crippen MR) is 72.1 cm³/mol. The minimum absolute atomic E-state index is 0.737. The molecule has 2 rings (SSSR count). The Bertz CT molecular complexity index is 450. The van der Waals surface area contributed by atoms with Gasteiger partial charge in [0.1, 0.15) is 0 Å². The van der Waals surface area contributed by atoms with Gasteiger partial charge in [0.2, 0.25) is 0 Å². The Morgan fingerprint density at radius 2 is 2.06 bits per heavy atom. The second-order valence-corrected chi connectivity index (χ2v) is 5.01. The summed E-state index contributed by atoms with van der Waals surface area (Å²) in [6.45, 7) is 2.79. The van der Waals surface area contributed by atoms with Crippen molar-refractivity contribution in [2.75, 3.05) is 26.7 Å². The van der Waals surface area contributed by atoms with Gasteiger partial charge in [-0.25, -0.2) is 0 Å². The van der Waals surface area contributed by atoms with Crippen LogP contribution in [-0.2, 0) is 6.42 Å². The van der Waals surface area contributed by atoms with Crippen molar-refractivity contribution in [2.45, 2.75) is 6.42 Å². The van der Waals surface area contributed by atoms with E-state index in [1.165, 1.54) is 15.6 Å². The van der Waals surface area contributed by atoms with Crippen LogP contribution in [-0.4, -0.2) is 31.6 Å². The first-order chi connectivity index (χ1) is 7.81. The van der Waals surface area contributed by atoms with Gasteiger partial charge in [-0.15, -0.1) is 11.3 Å². The minimum Gasteiger partial charge on any atom is -0.329 e. The maximum absolute atomic E-state index is 5.53. The summed E-state index contributed by atoms with van der Waals surface area (Å²) in [5.74, 6) is 0. The molecular formula is C13H18N2S. The van der Waals surface area contributed by atoms with E-state index in [9.17, 15) is 0 Å². The fraction of sp³-hybridized carbons (Fsp3) is 0.385. The molecule has 3 heteroatoms. The molecule has 0 radical (unpaired) electrons. The average Bonchev–Trinajstić information content (AvgIpc) is 2.70. The van der Waals surface area contributed by atoms with Crippen molar-refractivity contribution in [3.8, 4) is 0 Å². The number of hydrogen-bond donors (Lipinski definition) is 1. The van der Waals surface area contributed by atoms with Gasteiger partial charge < -0.3 is 10.6 Å². The van der Waals surface area contributed by atoms with Gasteiger partial charge in [-0.05, 0) is 35.9 Å². The van der Waals surface area contributed by atoms with Crippen LogP contribution in [0.5, 0.6) is 0 Å². The van der Waals surface area contributed by atoms with Crippen molar-refractivity contribution in [3.05, 3.63) is 35.2 Å². The Hall–Kier alpha value is -0.900. The number of nitrogens with zero attached hydrogens (tertiary/aromatic N) is 1. The molecule has 86 valence electrons. The smallest absolute Gasteiger partial charge is 0.0345 e. The zero-order valence-corrected chi connectivity index (χ0v) is 10.5. The molecule has 0 spiro atoms. The third kappa shape index (κ3) is 2.61. The molecule has 1 aromatic carbocycles. The lowest BCUT2D eigenvalue weighted by Crippen LogP contribution is -2.27. The van der Waals surface area contributed by atoms with Crippen LogP contribution in [0.4, 0.5) is 0 Å². The highest BCUT2D eigenvalue weighted by Gasteiger charge is 2.04. The van der Waals surface area contributed by atoms with Crippen LogP contribution in [0.1, 0.15) is 5.56 Å². The van der Waals surface area contributed by atoms with E-state index < -0.39 is 0 Å². The number of fused-ring (bicyclic) bond motifs is 1. The quantitative estimate of drug-likeness (QED) is 0.860. The van der Waals surface area contributed by atoms with Crippen LogP contribution in [0, 0.1) is 0 Å². The van der Waals surface area contributed by atoms with E-state index >= 15 is 0 Å². The maximum atomic E-state index is 5.53. The summed E-state index contributed by atoms with van der Waals surface area (Å²) in [5, 5.41) is 3.69. The van der Waals surface area contributed by atoms with Gasteiger partial charge in [-0.1, -0.05) is 18.2 Å². The monoisotopic (exact) mass is 234 g/mol. The van der Waals surface area contributed by atoms with E-state index in [1.807, 2.05) is 11.3 Å². The van der Waals surface area contributed by atoms with Crippen molar-refractivity contribution in [1.29, 1.82) is 0 Å². The highest BCUT2D eigenvalue weighted by molar-refractivity contribution is 7.17. The fourth-order valence-electron chi connectivity index (χ4n) is 1.87. The maximum Gasteiger partial charge on any atom is 0.0345 e. The van der Waals surface area contributed by atoms with E-state index in [0.717, 1.165) is 26.1 Å². The molecule has 0 aliphatic carbocycles. The lowest BCUT2D eigenvalue weighted by Gasteiger charge is -2.14. The van der Waals surface area contributed by atoms with Gasteiger partial charge in [0.15, 0.2) is 0 Å². The average molecular weight is 234 g/mol. The molecule has 0 atom stereocenters. The lowest BCUT2D eigenvalue weighted by atomic mass is 10.1. The van der Waals surface area contributed by atoms with E-state index in [2.05, 4.69) is 41.6 Å². The van der Waals surface area contributed by atoms with Crippen molar-refractivity contribution in [2.24, 2.45) is 5.73 Å². The second kappa shape index (κ2) is 5.43. The molecule has 0 amide bonds. The van der Waals surface area contributed by atoms with Gasteiger partial charge >= 0.3 is 0 Å². The third-order valence-electron chi connectivity index (χ3n) is 2.83. The number of rotatable bonds is 5. The summed E-state index contributed by atoms with van der Waals surface area (Å²) >= 11 is 1.84. The summed E-state index contributed by atoms with van der Waals surface area (Å²) < 4.78 is 1.39. The topological polar surface area (TPSA) is 29.3 Å². The Morgan fingerprint density at radius 3 is 2.88 bits per heavy atom. The molecule has 16 heavy (non-hydrogen) atoms. The second-order valence-electron chi connectivity index (χ2n) is 4.10. The van der Waals surface area contributed by atoms with Gasteiger partial charge in [0.25, 0.3) is 0 Å². The molecule has 0 saturated heterocycles. The molecular weight excluding hydrogens is 216 g/mol. The van der Waals surface area contributed by atoms with E-state index in [4.69, 9.17) is 5.73 Å². The summed E-state index contributed by atoms with van der Waals surface area (Å²) in [5.41, 5.74) is 6.99. The highest BCUT2D eigenvalue weighted by atomic mass is 32.1. The lowest BCUT2D eigenvalue weighted by molar-refractivity contribution is 0.348. The molecule has 0 aliphatic heterocycles. The minimum atomic E-state index is 0.737. The predicted octanol–water partition coefficient (Wildman–Crippen LogP) is 2.33. The van der Waals surface area contributed by atoms with Gasteiger partial charge in [-0.2, -0.15) is 0 Å². The molecule has 0 fully saturated rings. The number of likely N-dealkylation sites (N-methyl/N-ethyl adjacent to an activating group) is 1. The van der Waals surface area contributed by atoms with Crippen LogP contribution in [0.3, 0.4) is 0 Å². The summed E-state index contributed by atoms with van der Waals surface area (Å²) in [4.78, 5) is 2.28. The summed E-state index contributed by atoms with van der Waals surface area (Å²) in [6, 6.07) is 8.61. The molecule has 0 aliphatic rings. The third-order valence-corrected chi connectivity index (χ3v) is 3.85. The number of nitrogens with two attached hydrogens (primary N) is 1. The van der Waals surface area contributed by atoms with Crippen LogP contribution >= 0.6 is 11.3 Å². The molecule has 0 bridgehead atoms. The van der Waals surface area contributed by atoms with Crippen LogP contribution in [0.15, 0.2) is 29.6 Å². The first-order valence-corrected chi connectivity index (χ1v) is 6.53. The van der Waals surface area contributed by atoms with E-state index in [-0.39, 0.29) is 0 Å². The van der Waals surface area contributed by atoms with E-state index in [0.29, 0.717) is 0 Å². The van der Waals surface area contributed by atoms with Gasteiger partial charge in [0.05, 0.1) is 0 Å². The van der Waals surface area contributed by atoms with E-state index in [1.54, 1.807) is 0 Å². The Balaban J connectivity index is 2.04. The van der Waals surface area contributed by atoms with Gasteiger partial charge in [0, 0.05) is 24.3 Å². The largest absolute Gasteiger partial charge is 0.329 e. The molecule has 0 saturated carbocycles. The number of thiophene rings is 1. The Morgan fingerprint density at radius 1 is 1.25 bits per heavy atom. The van der Waals surface area contributed by atoms with Crippen molar-refractivity contribution >= 4 is 21.4 Å². The normalized spacial score (nSPS) is 11.4. The summed E-state index contributed by atoms with van der Waals surface area (Å²) in [7, 11) is 2.13. The van der Waals surface area contributed by atoms with Crippen LogP contribution < -0.4 is 5.73 Å². The zero-order valence-electron chi connectivity index (χ0n) is 9.65. The van der Waals surface area contributed by atoms with Crippen molar-refractivity contribution < 1.29 is 0 Å². The first-order valence-electron chi connectivity index (χ1n) is 5.65. The molecule has 2 N–H and O–H groups in total. The molecule has 1 aromatic heterocycles. The van der Waals surface area contributed by atoms with Crippen molar-refractivity contribution in [1.82, 2.24) is 4.90 Å². The standard InChI is InChI=1S/C13H18N2S/c1-15(9-7-14)8-6-11-10-16-13-5-3-2-4-12(11)13/h2-5,10H,6-9,14H2,1H3. The Labute approximate surface area is 101 Å². The molecule has 2 aromatic rings. The summed E-state index contributed by atoms with van der Waals surface area (Å²) in [6.07, 6.45) is 1.11. The molecule has 1 heterocycles. The number of benzene rings is 1.